The van der Waals surface area contributed by atoms with Crippen LogP contribution in [0.1, 0.15) is 36.7 Å². The molecule has 1 aliphatic rings. The van der Waals surface area contributed by atoms with E-state index in [1.54, 1.807) is 0 Å². The second kappa shape index (κ2) is 6.57. The Morgan fingerprint density at radius 2 is 1.92 bits per heavy atom. The van der Waals surface area contributed by atoms with Crippen molar-refractivity contribution in [3.05, 3.63) is 70.1 Å². The SMILES string of the molecule is C/C(=C\n1c2c(c3cc(Cl)ccc31)CCN(C)C2C)c1ccc(F)cc1. The summed E-state index contributed by atoms with van der Waals surface area (Å²) in [5.41, 5.74) is 5.99. The van der Waals surface area contributed by atoms with Gasteiger partial charge in [0.15, 0.2) is 0 Å². The second-order valence-corrected chi connectivity index (χ2v) is 7.56. The first-order chi connectivity index (χ1) is 12.5. The van der Waals surface area contributed by atoms with Gasteiger partial charge < -0.3 is 4.57 Å². The molecule has 2 heterocycles. The van der Waals surface area contributed by atoms with Crippen molar-refractivity contribution in [2.24, 2.45) is 0 Å². The van der Waals surface area contributed by atoms with E-state index in [1.807, 2.05) is 18.2 Å². The molecule has 4 heteroatoms. The molecule has 0 spiro atoms. The number of hydrogen-bond acceptors (Lipinski definition) is 1. The molecule has 1 aromatic heterocycles. The minimum absolute atomic E-state index is 0.213. The monoisotopic (exact) mass is 368 g/mol. The third kappa shape index (κ3) is 2.85. The van der Waals surface area contributed by atoms with Crippen molar-refractivity contribution in [1.29, 1.82) is 0 Å². The van der Waals surface area contributed by atoms with Gasteiger partial charge in [0.1, 0.15) is 5.82 Å². The Labute approximate surface area is 158 Å². The molecule has 1 aliphatic heterocycles. The standard InChI is InChI=1S/C22H22ClFN2/c1-14(16-4-7-18(24)8-5-16)13-26-21-9-6-17(23)12-20(21)19-10-11-25(3)15(2)22(19)26/h4-9,12-13,15H,10-11H2,1-3H3/b14-13+. The lowest BCUT2D eigenvalue weighted by Crippen LogP contribution is -2.31. The predicted molar refractivity (Wildman–Crippen MR) is 108 cm³/mol. The number of benzene rings is 2. The molecule has 0 bridgehead atoms. The van der Waals surface area contributed by atoms with E-state index in [9.17, 15) is 4.39 Å². The molecule has 0 aliphatic carbocycles. The molecule has 4 rings (SSSR count). The van der Waals surface area contributed by atoms with E-state index < -0.39 is 0 Å². The van der Waals surface area contributed by atoms with Gasteiger partial charge in [0.25, 0.3) is 0 Å². The number of allylic oxidation sites excluding steroid dienone is 1. The van der Waals surface area contributed by atoms with Crippen LogP contribution in [-0.4, -0.2) is 23.1 Å². The van der Waals surface area contributed by atoms with Gasteiger partial charge in [0, 0.05) is 34.9 Å². The predicted octanol–water partition coefficient (Wildman–Crippen LogP) is 6.00. The van der Waals surface area contributed by atoms with Crippen LogP contribution in [-0.2, 0) is 6.42 Å². The number of hydrogen-bond donors (Lipinski definition) is 0. The van der Waals surface area contributed by atoms with E-state index in [0.29, 0.717) is 6.04 Å². The Kier molecular flexibility index (Phi) is 4.37. The van der Waals surface area contributed by atoms with E-state index in [-0.39, 0.29) is 5.82 Å². The third-order valence-electron chi connectivity index (χ3n) is 5.51. The Balaban J connectivity index is 1.94. The highest BCUT2D eigenvalue weighted by Crippen LogP contribution is 2.38. The lowest BCUT2D eigenvalue weighted by Gasteiger charge is -2.31. The summed E-state index contributed by atoms with van der Waals surface area (Å²) in [4.78, 5) is 2.38. The van der Waals surface area contributed by atoms with Gasteiger partial charge >= 0.3 is 0 Å². The molecule has 1 atom stereocenters. The summed E-state index contributed by atoms with van der Waals surface area (Å²) in [6.45, 7) is 5.36. The van der Waals surface area contributed by atoms with E-state index in [1.165, 1.54) is 34.3 Å². The summed E-state index contributed by atoms with van der Waals surface area (Å²) in [7, 11) is 2.17. The molecular weight excluding hydrogens is 347 g/mol. The van der Waals surface area contributed by atoms with Gasteiger partial charge in [-0.25, -0.2) is 4.39 Å². The highest BCUT2D eigenvalue weighted by molar-refractivity contribution is 6.31. The average Bonchev–Trinajstić information content (AvgIpc) is 2.92. The molecule has 1 unspecified atom stereocenters. The third-order valence-corrected chi connectivity index (χ3v) is 5.74. The molecule has 3 aromatic rings. The van der Waals surface area contributed by atoms with E-state index in [4.69, 9.17) is 11.6 Å². The van der Waals surface area contributed by atoms with Crippen LogP contribution in [0, 0.1) is 5.82 Å². The van der Waals surface area contributed by atoms with Crippen LogP contribution < -0.4 is 0 Å². The van der Waals surface area contributed by atoms with Gasteiger partial charge in [-0.3, -0.25) is 4.90 Å². The first kappa shape index (κ1) is 17.3. The van der Waals surface area contributed by atoms with Crippen molar-refractivity contribution < 1.29 is 4.39 Å². The van der Waals surface area contributed by atoms with Crippen molar-refractivity contribution in [1.82, 2.24) is 9.47 Å². The molecular formula is C22H22ClFN2. The Hall–Kier alpha value is -2.10. The van der Waals surface area contributed by atoms with Crippen molar-refractivity contribution in [3.63, 3.8) is 0 Å². The fourth-order valence-corrected chi connectivity index (χ4v) is 4.07. The topological polar surface area (TPSA) is 8.17 Å². The van der Waals surface area contributed by atoms with Crippen LogP contribution in [0.5, 0.6) is 0 Å². The molecule has 0 radical (unpaired) electrons. The van der Waals surface area contributed by atoms with Gasteiger partial charge in [0.2, 0.25) is 0 Å². The molecule has 0 saturated carbocycles. The number of rotatable bonds is 2. The van der Waals surface area contributed by atoms with Crippen molar-refractivity contribution in [2.45, 2.75) is 26.3 Å². The molecule has 0 N–H and O–H groups in total. The minimum Gasteiger partial charge on any atom is -0.318 e. The highest BCUT2D eigenvalue weighted by atomic mass is 35.5. The first-order valence-corrected chi connectivity index (χ1v) is 9.30. The molecule has 26 heavy (non-hydrogen) atoms. The van der Waals surface area contributed by atoms with Crippen molar-refractivity contribution in [2.75, 3.05) is 13.6 Å². The minimum atomic E-state index is -0.213. The summed E-state index contributed by atoms with van der Waals surface area (Å²) in [5, 5.41) is 2.00. The summed E-state index contributed by atoms with van der Waals surface area (Å²) in [6, 6.07) is 13.1. The largest absolute Gasteiger partial charge is 0.318 e. The quantitative estimate of drug-likeness (QED) is 0.538. The average molecular weight is 369 g/mol. The van der Waals surface area contributed by atoms with Crippen LogP contribution in [0.25, 0.3) is 22.7 Å². The number of nitrogens with zero attached hydrogens (tertiary/aromatic N) is 2. The van der Waals surface area contributed by atoms with E-state index in [0.717, 1.165) is 29.1 Å². The maximum Gasteiger partial charge on any atom is 0.123 e. The van der Waals surface area contributed by atoms with Gasteiger partial charge in [-0.15, -0.1) is 0 Å². The van der Waals surface area contributed by atoms with Crippen LogP contribution in [0.2, 0.25) is 5.02 Å². The molecule has 134 valence electrons. The Morgan fingerprint density at radius 3 is 2.65 bits per heavy atom. The lowest BCUT2D eigenvalue weighted by molar-refractivity contribution is 0.242. The zero-order valence-corrected chi connectivity index (χ0v) is 16.0. The van der Waals surface area contributed by atoms with Crippen LogP contribution in [0.15, 0.2) is 42.5 Å². The summed E-state index contributed by atoms with van der Waals surface area (Å²) in [5.74, 6) is -0.213. The van der Waals surface area contributed by atoms with Gasteiger partial charge in [0.05, 0.1) is 5.52 Å². The smallest absolute Gasteiger partial charge is 0.123 e. The maximum absolute atomic E-state index is 13.3. The van der Waals surface area contributed by atoms with Crippen LogP contribution in [0.4, 0.5) is 4.39 Å². The van der Waals surface area contributed by atoms with Crippen LogP contribution in [0.3, 0.4) is 0 Å². The summed E-state index contributed by atoms with van der Waals surface area (Å²) in [6.07, 6.45) is 3.18. The zero-order chi connectivity index (χ0) is 18.4. The fraction of sp³-hybridized carbons (Fsp3) is 0.273. The first-order valence-electron chi connectivity index (χ1n) is 8.92. The van der Waals surface area contributed by atoms with E-state index >= 15 is 0 Å². The number of likely N-dealkylation sites (N-methyl/N-ethyl adjacent to an activating group) is 1. The normalized spacial score (nSPS) is 18.3. The Morgan fingerprint density at radius 1 is 1.19 bits per heavy atom. The molecule has 0 amide bonds. The molecule has 2 aromatic carbocycles. The van der Waals surface area contributed by atoms with Crippen LogP contribution >= 0.6 is 11.6 Å². The number of aromatic nitrogens is 1. The fourth-order valence-electron chi connectivity index (χ4n) is 3.90. The summed E-state index contributed by atoms with van der Waals surface area (Å²) < 4.78 is 15.5. The van der Waals surface area contributed by atoms with Crippen molar-refractivity contribution in [3.8, 4) is 0 Å². The molecule has 2 nitrogen and oxygen atoms in total. The van der Waals surface area contributed by atoms with Crippen molar-refractivity contribution >= 4 is 34.3 Å². The molecule has 0 saturated heterocycles. The van der Waals surface area contributed by atoms with E-state index in [2.05, 4.69) is 48.7 Å². The highest BCUT2D eigenvalue weighted by Gasteiger charge is 2.27. The lowest BCUT2D eigenvalue weighted by atomic mass is 9.99. The van der Waals surface area contributed by atoms with Gasteiger partial charge in [-0.05, 0) is 74.3 Å². The summed E-state index contributed by atoms with van der Waals surface area (Å²) >= 11 is 6.28. The Bertz CT molecular complexity index is 1000. The van der Waals surface area contributed by atoms with Gasteiger partial charge in [-0.1, -0.05) is 23.7 Å². The molecule has 0 fully saturated rings. The maximum atomic E-state index is 13.3. The number of halogens is 2. The second-order valence-electron chi connectivity index (χ2n) is 7.12. The van der Waals surface area contributed by atoms with Gasteiger partial charge in [-0.2, -0.15) is 0 Å². The number of fused-ring (bicyclic) bond motifs is 3. The zero-order valence-electron chi connectivity index (χ0n) is 15.3.